The number of anilines is 1. The van der Waals surface area contributed by atoms with Gasteiger partial charge >= 0.3 is 0 Å². The van der Waals surface area contributed by atoms with Gasteiger partial charge in [0.2, 0.25) is 0 Å². The molecule has 2 heterocycles. The molecule has 0 radical (unpaired) electrons. The van der Waals surface area contributed by atoms with Crippen LogP contribution in [0.1, 0.15) is 11.3 Å². The molecule has 0 atom stereocenters. The molecule has 0 fully saturated rings. The molecule has 0 aliphatic carbocycles. The van der Waals surface area contributed by atoms with E-state index >= 15 is 0 Å². The van der Waals surface area contributed by atoms with Gasteiger partial charge in [-0.2, -0.15) is 0 Å². The van der Waals surface area contributed by atoms with E-state index in [0.717, 1.165) is 28.0 Å². The van der Waals surface area contributed by atoms with Crippen molar-refractivity contribution in [2.75, 3.05) is 11.9 Å². The molecule has 4 nitrogen and oxygen atoms in total. The Labute approximate surface area is 117 Å². The first-order valence-electron chi connectivity index (χ1n) is 6.60. The molecule has 102 valence electrons. The van der Waals surface area contributed by atoms with Crippen LogP contribution in [-0.2, 0) is 13.1 Å². The number of hydrogen-bond acceptors (Lipinski definition) is 4. The van der Waals surface area contributed by atoms with E-state index in [4.69, 9.17) is 15.1 Å². The number of aromatic nitrogens is 1. The molecule has 0 unspecified atom stereocenters. The monoisotopic (exact) mass is 267 g/mol. The highest BCUT2D eigenvalue weighted by Gasteiger charge is 2.11. The van der Waals surface area contributed by atoms with Gasteiger partial charge in [0.1, 0.15) is 11.6 Å². The highest BCUT2D eigenvalue weighted by atomic mass is 16.3. The first kappa shape index (κ1) is 12.7. The minimum atomic E-state index is 0.468. The zero-order valence-corrected chi connectivity index (χ0v) is 11.4. The van der Waals surface area contributed by atoms with Gasteiger partial charge in [0, 0.05) is 24.5 Å². The fourth-order valence-corrected chi connectivity index (χ4v) is 2.34. The van der Waals surface area contributed by atoms with E-state index in [2.05, 4.69) is 17.0 Å². The molecule has 3 aromatic rings. The molecule has 0 spiro atoms. The predicted octanol–water partition coefficient (Wildman–Crippen LogP) is 2.92. The summed E-state index contributed by atoms with van der Waals surface area (Å²) >= 11 is 0. The number of pyridine rings is 1. The van der Waals surface area contributed by atoms with E-state index in [9.17, 15) is 0 Å². The Kier molecular flexibility index (Phi) is 3.39. The predicted molar refractivity (Wildman–Crippen MR) is 80.4 cm³/mol. The van der Waals surface area contributed by atoms with Crippen molar-refractivity contribution in [1.82, 2.24) is 4.98 Å². The number of nitrogens with two attached hydrogens (primary N) is 1. The zero-order valence-electron chi connectivity index (χ0n) is 11.4. The second kappa shape index (κ2) is 5.35. The van der Waals surface area contributed by atoms with E-state index in [-0.39, 0.29) is 0 Å². The molecule has 2 aromatic heterocycles. The minimum absolute atomic E-state index is 0.468. The molecule has 0 saturated heterocycles. The number of hydrogen-bond donors (Lipinski definition) is 1. The van der Waals surface area contributed by atoms with Crippen LogP contribution in [0.5, 0.6) is 0 Å². The summed E-state index contributed by atoms with van der Waals surface area (Å²) in [7, 11) is 2.00. The summed E-state index contributed by atoms with van der Waals surface area (Å²) < 4.78 is 5.39. The van der Waals surface area contributed by atoms with Crippen molar-refractivity contribution in [2.24, 2.45) is 5.73 Å². The maximum atomic E-state index is 5.86. The zero-order chi connectivity index (χ0) is 13.9. The third kappa shape index (κ3) is 2.38. The van der Waals surface area contributed by atoms with Crippen molar-refractivity contribution in [3.8, 4) is 0 Å². The lowest BCUT2D eigenvalue weighted by Gasteiger charge is -2.20. The third-order valence-electron chi connectivity index (χ3n) is 3.33. The van der Waals surface area contributed by atoms with Crippen molar-refractivity contribution >= 4 is 16.7 Å². The lowest BCUT2D eigenvalue weighted by Crippen LogP contribution is -2.20. The summed E-state index contributed by atoms with van der Waals surface area (Å²) in [6.07, 6.45) is 1.68. The Morgan fingerprint density at radius 2 is 2.05 bits per heavy atom. The van der Waals surface area contributed by atoms with Crippen LogP contribution >= 0.6 is 0 Å². The van der Waals surface area contributed by atoms with Gasteiger partial charge in [-0.3, -0.25) is 0 Å². The Morgan fingerprint density at radius 1 is 1.20 bits per heavy atom. The average molecular weight is 267 g/mol. The van der Waals surface area contributed by atoms with Gasteiger partial charge in [-0.1, -0.05) is 18.2 Å². The SMILES string of the molecule is CN(Cc1ccco1)c1nc2ccccc2cc1CN. The van der Waals surface area contributed by atoms with E-state index in [1.165, 1.54) is 0 Å². The van der Waals surface area contributed by atoms with Gasteiger partial charge in [0.15, 0.2) is 0 Å². The molecule has 0 aliphatic heterocycles. The van der Waals surface area contributed by atoms with Crippen molar-refractivity contribution < 1.29 is 4.42 Å². The summed E-state index contributed by atoms with van der Waals surface area (Å²) in [5.41, 5.74) is 7.88. The third-order valence-corrected chi connectivity index (χ3v) is 3.33. The molecule has 1 aromatic carbocycles. The van der Waals surface area contributed by atoms with Crippen LogP contribution in [0.3, 0.4) is 0 Å². The molecule has 20 heavy (non-hydrogen) atoms. The van der Waals surface area contributed by atoms with Crippen LogP contribution in [-0.4, -0.2) is 12.0 Å². The first-order chi connectivity index (χ1) is 9.78. The van der Waals surface area contributed by atoms with E-state index in [0.29, 0.717) is 13.1 Å². The molecule has 2 N–H and O–H groups in total. The van der Waals surface area contributed by atoms with Crippen LogP contribution in [0.2, 0.25) is 0 Å². The van der Waals surface area contributed by atoms with Crippen molar-refractivity contribution in [1.29, 1.82) is 0 Å². The number of rotatable bonds is 4. The number of benzene rings is 1. The quantitative estimate of drug-likeness (QED) is 0.789. The number of furan rings is 1. The Hall–Kier alpha value is -2.33. The van der Waals surface area contributed by atoms with Crippen LogP contribution in [0.25, 0.3) is 10.9 Å². The van der Waals surface area contributed by atoms with Gasteiger partial charge < -0.3 is 15.1 Å². The fourth-order valence-electron chi connectivity index (χ4n) is 2.34. The van der Waals surface area contributed by atoms with Crippen molar-refractivity contribution in [3.05, 3.63) is 60.1 Å². The molecule has 0 aliphatic rings. The van der Waals surface area contributed by atoms with Crippen molar-refractivity contribution in [3.63, 3.8) is 0 Å². The second-order valence-electron chi connectivity index (χ2n) is 4.80. The summed E-state index contributed by atoms with van der Waals surface area (Å²) in [5, 5.41) is 1.11. The lowest BCUT2D eigenvalue weighted by molar-refractivity contribution is 0.507. The Morgan fingerprint density at radius 3 is 2.80 bits per heavy atom. The number of nitrogens with zero attached hydrogens (tertiary/aromatic N) is 2. The largest absolute Gasteiger partial charge is 0.467 e. The van der Waals surface area contributed by atoms with E-state index < -0.39 is 0 Å². The van der Waals surface area contributed by atoms with Gasteiger partial charge in [0.25, 0.3) is 0 Å². The van der Waals surface area contributed by atoms with Gasteiger partial charge in [-0.05, 0) is 24.3 Å². The molecule has 0 bridgehead atoms. The van der Waals surface area contributed by atoms with Crippen LogP contribution in [0.15, 0.2) is 53.1 Å². The summed E-state index contributed by atoms with van der Waals surface area (Å²) in [6, 6.07) is 14.0. The van der Waals surface area contributed by atoms with E-state index in [1.807, 2.05) is 37.4 Å². The molecule has 0 saturated carbocycles. The maximum absolute atomic E-state index is 5.86. The Balaban J connectivity index is 2.00. The summed E-state index contributed by atoms with van der Waals surface area (Å²) in [6.45, 7) is 1.14. The topological polar surface area (TPSA) is 55.3 Å². The van der Waals surface area contributed by atoms with E-state index in [1.54, 1.807) is 6.26 Å². The standard InChI is InChI=1S/C16H17N3O/c1-19(11-14-6-4-8-20-14)16-13(10-17)9-12-5-2-3-7-15(12)18-16/h2-9H,10-11,17H2,1H3. The highest BCUT2D eigenvalue weighted by molar-refractivity contribution is 5.81. The highest BCUT2D eigenvalue weighted by Crippen LogP contribution is 2.23. The summed E-state index contributed by atoms with van der Waals surface area (Å²) in [5.74, 6) is 1.81. The lowest BCUT2D eigenvalue weighted by atomic mass is 10.1. The van der Waals surface area contributed by atoms with Crippen LogP contribution < -0.4 is 10.6 Å². The van der Waals surface area contributed by atoms with Crippen molar-refractivity contribution in [2.45, 2.75) is 13.1 Å². The van der Waals surface area contributed by atoms with Gasteiger partial charge in [-0.15, -0.1) is 0 Å². The van der Waals surface area contributed by atoms with Crippen LogP contribution in [0, 0.1) is 0 Å². The van der Waals surface area contributed by atoms with Crippen LogP contribution in [0.4, 0.5) is 5.82 Å². The average Bonchev–Trinajstić information content (AvgIpc) is 2.98. The summed E-state index contributed by atoms with van der Waals surface area (Å²) in [4.78, 5) is 6.79. The second-order valence-corrected chi connectivity index (χ2v) is 4.80. The molecular weight excluding hydrogens is 250 g/mol. The fraction of sp³-hybridized carbons (Fsp3) is 0.188. The number of para-hydroxylation sites is 1. The molecule has 4 heteroatoms. The smallest absolute Gasteiger partial charge is 0.133 e. The minimum Gasteiger partial charge on any atom is -0.467 e. The molecular formula is C16H17N3O. The first-order valence-corrected chi connectivity index (χ1v) is 6.60. The number of fused-ring (bicyclic) bond motifs is 1. The van der Waals surface area contributed by atoms with Gasteiger partial charge in [0.05, 0.1) is 18.3 Å². The Bertz CT molecular complexity index is 707. The molecule has 3 rings (SSSR count). The molecule has 0 amide bonds. The maximum Gasteiger partial charge on any atom is 0.133 e. The normalized spacial score (nSPS) is 10.9. The van der Waals surface area contributed by atoms with Gasteiger partial charge in [-0.25, -0.2) is 4.98 Å².